The van der Waals surface area contributed by atoms with Gasteiger partial charge in [0.2, 0.25) is 0 Å². The van der Waals surface area contributed by atoms with Crippen molar-refractivity contribution in [3.63, 3.8) is 0 Å². The van der Waals surface area contributed by atoms with Crippen LogP contribution in [0.25, 0.3) is 6.08 Å². The van der Waals surface area contributed by atoms with E-state index < -0.39 is 5.91 Å². The Morgan fingerprint density at radius 3 is 2.78 bits per heavy atom. The Hall–Kier alpha value is -2.40. The van der Waals surface area contributed by atoms with Crippen molar-refractivity contribution in [2.45, 2.75) is 6.54 Å². The van der Waals surface area contributed by atoms with Gasteiger partial charge in [-0.05, 0) is 17.2 Å². The number of nitrogens with one attached hydrogen (secondary N) is 1. The first-order valence-corrected chi connectivity index (χ1v) is 5.45. The number of aromatic nitrogens is 2. The van der Waals surface area contributed by atoms with Crippen LogP contribution >= 0.6 is 0 Å². The summed E-state index contributed by atoms with van der Waals surface area (Å²) in [4.78, 5) is 14.8. The Morgan fingerprint density at radius 2 is 2.17 bits per heavy atom. The number of benzene rings is 1. The van der Waals surface area contributed by atoms with Crippen molar-refractivity contribution in [3.8, 4) is 0 Å². The number of amides is 1. The third-order valence-corrected chi connectivity index (χ3v) is 2.44. The van der Waals surface area contributed by atoms with Gasteiger partial charge in [0, 0.05) is 25.0 Å². The Morgan fingerprint density at radius 1 is 1.39 bits per heavy atom. The maximum Gasteiger partial charge on any atom is 0.267 e. The van der Waals surface area contributed by atoms with Gasteiger partial charge in [0.1, 0.15) is 0 Å². The van der Waals surface area contributed by atoms with Gasteiger partial charge < -0.3 is 4.57 Å². The van der Waals surface area contributed by atoms with E-state index in [2.05, 4.69) is 4.98 Å². The number of hydrogen-bond acceptors (Lipinski definition) is 3. The minimum atomic E-state index is -0.544. The molecule has 1 aromatic carbocycles. The summed E-state index contributed by atoms with van der Waals surface area (Å²) in [5, 5.41) is 8.34. The first-order chi connectivity index (χ1) is 8.78. The van der Waals surface area contributed by atoms with E-state index in [1.54, 1.807) is 24.1 Å². The Bertz CT molecular complexity index is 530. The molecule has 92 valence electrons. The molecule has 2 N–H and O–H groups in total. The van der Waals surface area contributed by atoms with Crippen LogP contribution in [-0.4, -0.2) is 20.7 Å². The molecule has 0 aliphatic carbocycles. The highest BCUT2D eigenvalue weighted by atomic mass is 16.5. The van der Waals surface area contributed by atoms with E-state index >= 15 is 0 Å². The van der Waals surface area contributed by atoms with E-state index in [1.165, 1.54) is 6.08 Å². The monoisotopic (exact) mass is 243 g/mol. The standard InChI is InChI=1S/C13H13N3O2/c17-13(15-18)6-5-11-1-3-12(4-2-11)9-16-8-7-14-10-16/h1-8,10,18H,9H2,(H,15,17)/b6-5+. The normalized spacial score (nSPS) is 10.7. The molecule has 1 aromatic heterocycles. The molecule has 2 aromatic rings. The van der Waals surface area contributed by atoms with Crippen molar-refractivity contribution in [3.05, 3.63) is 60.2 Å². The first-order valence-electron chi connectivity index (χ1n) is 5.45. The summed E-state index contributed by atoms with van der Waals surface area (Å²) in [6.07, 6.45) is 8.31. The van der Waals surface area contributed by atoms with Crippen molar-refractivity contribution >= 4 is 12.0 Å². The van der Waals surface area contributed by atoms with Gasteiger partial charge in [-0.25, -0.2) is 10.5 Å². The van der Waals surface area contributed by atoms with Crippen LogP contribution in [0.15, 0.2) is 49.1 Å². The van der Waals surface area contributed by atoms with Crippen LogP contribution in [0.4, 0.5) is 0 Å². The molecule has 5 nitrogen and oxygen atoms in total. The number of carbonyl (C=O) groups is 1. The zero-order valence-corrected chi connectivity index (χ0v) is 9.65. The lowest BCUT2D eigenvalue weighted by Crippen LogP contribution is -2.14. The van der Waals surface area contributed by atoms with Crippen molar-refractivity contribution in [1.29, 1.82) is 0 Å². The lowest BCUT2D eigenvalue weighted by Gasteiger charge is -2.02. The van der Waals surface area contributed by atoms with Gasteiger partial charge in [0.15, 0.2) is 0 Å². The molecule has 0 aliphatic heterocycles. The second kappa shape index (κ2) is 5.79. The smallest absolute Gasteiger partial charge is 0.267 e. The van der Waals surface area contributed by atoms with E-state index in [1.807, 2.05) is 35.0 Å². The van der Waals surface area contributed by atoms with E-state index in [0.717, 1.165) is 17.7 Å². The van der Waals surface area contributed by atoms with Crippen LogP contribution in [0.3, 0.4) is 0 Å². The van der Waals surface area contributed by atoms with E-state index in [9.17, 15) is 4.79 Å². The average molecular weight is 243 g/mol. The van der Waals surface area contributed by atoms with Gasteiger partial charge in [-0.3, -0.25) is 10.0 Å². The molecule has 0 saturated carbocycles. The molecule has 5 heteroatoms. The third-order valence-electron chi connectivity index (χ3n) is 2.44. The van der Waals surface area contributed by atoms with Gasteiger partial charge in [0.25, 0.3) is 5.91 Å². The van der Waals surface area contributed by atoms with Crippen LogP contribution in [0.5, 0.6) is 0 Å². The third kappa shape index (κ3) is 3.29. The maximum atomic E-state index is 10.8. The summed E-state index contributed by atoms with van der Waals surface area (Å²) in [5.41, 5.74) is 3.59. The first kappa shape index (κ1) is 12.1. The molecular formula is C13H13N3O2. The highest BCUT2D eigenvalue weighted by Crippen LogP contribution is 2.07. The van der Waals surface area contributed by atoms with Crippen molar-refractivity contribution < 1.29 is 10.0 Å². The van der Waals surface area contributed by atoms with Gasteiger partial charge >= 0.3 is 0 Å². The van der Waals surface area contributed by atoms with Crippen LogP contribution in [-0.2, 0) is 11.3 Å². The molecule has 0 radical (unpaired) electrons. The average Bonchev–Trinajstić information content (AvgIpc) is 2.90. The zero-order chi connectivity index (χ0) is 12.8. The van der Waals surface area contributed by atoms with Crippen molar-refractivity contribution in [1.82, 2.24) is 15.0 Å². The molecule has 18 heavy (non-hydrogen) atoms. The zero-order valence-electron chi connectivity index (χ0n) is 9.65. The SMILES string of the molecule is O=C(/C=C/c1ccc(Cn2ccnc2)cc1)NO. The van der Waals surface area contributed by atoms with E-state index in [4.69, 9.17) is 5.21 Å². The van der Waals surface area contributed by atoms with Crippen molar-refractivity contribution in [2.75, 3.05) is 0 Å². The summed E-state index contributed by atoms with van der Waals surface area (Å²) >= 11 is 0. The molecule has 0 aliphatic rings. The summed E-state index contributed by atoms with van der Waals surface area (Å²) in [5.74, 6) is -0.544. The van der Waals surface area contributed by atoms with E-state index in [0.29, 0.717) is 0 Å². The number of carbonyl (C=O) groups excluding carboxylic acids is 1. The number of imidazole rings is 1. The molecular weight excluding hydrogens is 230 g/mol. The summed E-state index contributed by atoms with van der Waals surface area (Å²) in [6, 6.07) is 7.79. The fraction of sp³-hybridized carbons (Fsp3) is 0.0769. The fourth-order valence-electron chi connectivity index (χ4n) is 1.53. The number of hydrogen-bond donors (Lipinski definition) is 2. The lowest BCUT2D eigenvalue weighted by atomic mass is 10.1. The van der Waals surface area contributed by atoms with Gasteiger partial charge in [-0.2, -0.15) is 0 Å². The summed E-state index contributed by atoms with van der Waals surface area (Å²) in [7, 11) is 0. The predicted octanol–water partition coefficient (Wildman–Crippen LogP) is 1.45. The van der Waals surface area contributed by atoms with Gasteiger partial charge in [-0.15, -0.1) is 0 Å². The quantitative estimate of drug-likeness (QED) is 0.485. The maximum absolute atomic E-state index is 10.8. The number of hydroxylamine groups is 1. The lowest BCUT2D eigenvalue weighted by molar-refractivity contribution is -0.124. The second-order valence-corrected chi connectivity index (χ2v) is 3.79. The topological polar surface area (TPSA) is 67.2 Å². The number of rotatable bonds is 4. The Kier molecular flexibility index (Phi) is 3.88. The van der Waals surface area contributed by atoms with E-state index in [-0.39, 0.29) is 0 Å². The highest BCUT2D eigenvalue weighted by Gasteiger charge is 1.95. The minimum Gasteiger partial charge on any atom is -0.333 e. The van der Waals surface area contributed by atoms with Crippen LogP contribution in [0, 0.1) is 0 Å². The molecule has 0 atom stereocenters. The van der Waals surface area contributed by atoms with Crippen LogP contribution < -0.4 is 5.48 Å². The van der Waals surface area contributed by atoms with Crippen molar-refractivity contribution in [2.24, 2.45) is 0 Å². The largest absolute Gasteiger partial charge is 0.333 e. The molecule has 2 rings (SSSR count). The molecule has 0 spiro atoms. The number of nitrogens with zero attached hydrogens (tertiary/aromatic N) is 2. The van der Waals surface area contributed by atoms with Gasteiger partial charge in [0.05, 0.1) is 6.33 Å². The molecule has 0 fully saturated rings. The Labute approximate surface area is 104 Å². The molecule has 0 unspecified atom stereocenters. The predicted molar refractivity (Wildman–Crippen MR) is 66.7 cm³/mol. The molecule has 1 amide bonds. The summed E-state index contributed by atoms with van der Waals surface area (Å²) < 4.78 is 1.98. The second-order valence-electron chi connectivity index (χ2n) is 3.79. The summed E-state index contributed by atoms with van der Waals surface area (Å²) in [6.45, 7) is 0.765. The Balaban J connectivity index is 2.01. The fourth-order valence-corrected chi connectivity index (χ4v) is 1.53. The van der Waals surface area contributed by atoms with Gasteiger partial charge in [-0.1, -0.05) is 24.3 Å². The highest BCUT2D eigenvalue weighted by molar-refractivity contribution is 5.90. The molecule has 1 heterocycles. The van der Waals surface area contributed by atoms with Crippen LogP contribution in [0.2, 0.25) is 0 Å². The molecule has 0 saturated heterocycles. The minimum absolute atomic E-state index is 0.544. The molecule has 0 bridgehead atoms. The van der Waals surface area contributed by atoms with Crippen LogP contribution in [0.1, 0.15) is 11.1 Å².